The standard InChI is InChI=1S/C21H14Cl2N4O4/c22-16-8-7-15(19(23)11-16)12-24-26-21(29)13-3-1-5-17(9-13)25-20(28)14-4-2-6-18(10-14)27(30)31/h1-12H,(H,25,28)(H,26,29). The number of halogens is 2. The summed E-state index contributed by atoms with van der Waals surface area (Å²) in [6, 6.07) is 16.4. The SMILES string of the molecule is O=C(NN=Cc1ccc(Cl)cc1Cl)c1cccc(NC(=O)c2cccc([N+](=O)[O-])c2)c1. The van der Waals surface area contributed by atoms with Gasteiger partial charge in [-0.3, -0.25) is 19.7 Å². The average Bonchev–Trinajstić information content (AvgIpc) is 2.75. The molecule has 0 unspecified atom stereocenters. The number of amides is 2. The zero-order valence-electron chi connectivity index (χ0n) is 15.7. The lowest BCUT2D eigenvalue weighted by Crippen LogP contribution is -2.18. The number of nitrogens with one attached hydrogen (secondary N) is 2. The van der Waals surface area contributed by atoms with Crippen molar-refractivity contribution in [3.8, 4) is 0 Å². The van der Waals surface area contributed by atoms with Gasteiger partial charge in [0.2, 0.25) is 0 Å². The van der Waals surface area contributed by atoms with E-state index >= 15 is 0 Å². The van der Waals surface area contributed by atoms with Gasteiger partial charge in [0.05, 0.1) is 16.2 Å². The van der Waals surface area contributed by atoms with E-state index < -0.39 is 16.7 Å². The molecule has 0 heterocycles. The Morgan fingerprint density at radius 3 is 2.35 bits per heavy atom. The molecule has 0 bridgehead atoms. The molecule has 0 saturated carbocycles. The summed E-state index contributed by atoms with van der Waals surface area (Å²) in [5, 5.41) is 18.2. The van der Waals surface area contributed by atoms with Crippen molar-refractivity contribution in [1.82, 2.24) is 5.43 Å². The van der Waals surface area contributed by atoms with Gasteiger partial charge in [0.1, 0.15) is 0 Å². The molecule has 0 fully saturated rings. The maximum absolute atomic E-state index is 12.4. The summed E-state index contributed by atoms with van der Waals surface area (Å²) in [6.07, 6.45) is 1.38. The van der Waals surface area contributed by atoms with Crippen LogP contribution >= 0.6 is 23.2 Å². The van der Waals surface area contributed by atoms with Crippen LogP contribution in [0.4, 0.5) is 11.4 Å². The number of hydrogen-bond donors (Lipinski definition) is 2. The second kappa shape index (κ2) is 9.84. The fourth-order valence-electron chi connectivity index (χ4n) is 2.53. The molecule has 3 aromatic rings. The summed E-state index contributed by atoms with van der Waals surface area (Å²) in [6.45, 7) is 0. The highest BCUT2D eigenvalue weighted by Crippen LogP contribution is 2.19. The van der Waals surface area contributed by atoms with Gasteiger partial charge in [-0.05, 0) is 36.4 Å². The average molecular weight is 457 g/mol. The number of nitro benzene ring substituents is 1. The lowest BCUT2D eigenvalue weighted by Gasteiger charge is -2.07. The molecule has 31 heavy (non-hydrogen) atoms. The molecule has 0 aliphatic rings. The van der Waals surface area contributed by atoms with E-state index in [-0.39, 0.29) is 16.8 Å². The van der Waals surface area contributed by atoms with E-state index in [1.54, 1.807) is 36.4 Å². The van der Waals surface area contributed by atoms with Crippen molar-refractivity contribution in [3.63, 3.8) is 0 Å². The van der Waals surface area contributed by atoms with Crippen molar-refractivity contribution in [2.24, 2.45) is 5.10 Å². The first-order chi connectivity index (χ1) is 14.8. The van der Waals surface area contributed by atoms with Crippen LogP contribution in [0.3, 0.4) is 0 Å². The molecule has 0 aliphatic heterocycles. The predicted molar refractivity (Wildman–Crippen MR) is 119 cm³/mol. The van der Waals surface area contributed by atoms with Crippen molar-refractivity contribution < 1.29 is 14.5 Å². The number of anilines is 1. The van der Waals surface area contributed by atoms with Crippen LogP contribution in [0.25, 0.3) is 0 Å². The van der Waals surface area contributed by atoms with Crippen LogP contribution in [-0.4, -0.2) is 23.0 Å². The van der Waals surface area contributed by atoms with Gasteiger partial charge in [-0.15, -0.1) is 0 Å². The molecular weight excluding hydrogens is 443 g/mol. The normalized spacial score (nSPS) is 10.6. The molecule has 8 nitrogen and oxygen atoms in total. The second-order valence-electron chi connectivity index (χ2n) is 6.21. The quantitative estimate of drug-likeness (QED) is 0.311. The minimum absolute atomic E-state index is 0.119. The van der Waals surface area contributed by atoms with Crippen molar-refractivity contribution in [1.29, 1.82) is 0 Å². The highest BCUT2D eigenvalue weighted by molar-refractivity contribution is 6.36. The third-order valence-corrected chi connectivity index (χ3v) is 4.60. The fraction of sp³-hybridized carbons (Fsp3) is 0. The summed E-state index contributed by atoms with van der Waals surface area (Å²) in [7, 11) is 0. The molecule has 10 heteroatoms. The molecule has 2 N–H and O–H groups in total. The van der Waals surface area contributed by atoms with E-state index in [1.807, 2.05) is 0 Å². The molecule has 3 aromatic carbocycles. The third-order valence-electron chi connectivity index (χ3n) is 4.03. The van der Waals surface area contributed by atoms with E-state index in [2.05, 4.69) is 15.8 Å². The van der Waals surface area contributed by atoms with Gasteiger partial charge in [-0.25, -0.2) is 5.43 Å². The molecule has 0 atom stereocenters. The predicted octanol–water partition coefficient (Wildman–Crippen LogP) is 4.92. The van der Waals surface area contributed by atoms with E-state index in [1.165, 1.54) is 36.5 Å². The monoisotopic (exact) mass is 456 g/mol. The number of nitrogens with zero attached hydrogens (tertiary/aromatic N) is 2. The Hall–Kier alpha value is -3.75. The van der Waals surface area contributed by atoms with Crippen molar-refractivity contribution in [2.75, 3.05) is 5.32 Å². The van der Waals surface area contributed by atoms with Crippen molar-refractivity contribution in [2.45, 2.75) is 0 Å². The molecule has 3 rings (SSSR count). The molecular formula is C21H14Cl2N4O4. The minimum atomic E-state index is -0.584. The topological polar surface area (TPSA) is 114 Å². The number of carbonyl (C=O) groups excluding carboxylic acids is 2. The first kappa shape index (κ1) is 21.9. The van der Waals surface area contributed by atoms with Gasteiger partial charge in [0.15, 0.2) is 0 Å². The molecule has 156 valence electrons. The Balaban J connectivity index is 1.67. The Bertz CT molecular complexity index is 1200. The molecule has 0 saturated heterocycles. The first-order valence-corrected chi connectivity index (χ1v) is 9.53. The van der Waals surface area contributed by atoms with E-state index in [4.69, 9.17) is 23.2 Å². The summed E-state index contributed by atoms with van der Waals surface area (Å²) in [4.78, 5) is 35.0. The zero-order chi connectivity index (χ0) is 22.4. The molecule has 0 radical (unpaired) electrons. The Kier molecular flexibility index (Phi) is 6.96. The van der Waals surface area contributed by atoms with Gasteiger partial charge in [0.25, 0.3) is 17.5 Å². The van der Waals surface area contributed by atoms with Crippen molar-refractivity contribution in [3.05, 3.63) is 104 Å². The highest BCUT2D eigenvalue weighted by atomic mass is 35.5. The maximum Gasteiger partial charge on any atom is 0.271 e. The largest absolute Gasteiger partial charge is 0.322 e. The number of rotatable bonds is 6. The van der Waals surface area contributed by atoms with Crippen LogP contribution in [0.15, 0.2) is 71.8 Å². The smallest absolute Gasteiger partial charge is 0.271 e. The van der Waals surface area contributed by atoms with Gasteiger partial charge >= 0.3 is 0 Å². The maximum atomic E-state index is 12.4. The third kappa shape index (κ3) is 5.88. The van der Waals surface area contributed by atoms with E-state index in [9.17, 15) is 19.7 Å². The molecule has 0 aliphatic carbocycles. The summed E-state index contributed by atoms with van der Waals surface area (Å²) < 4.78 is 0. The highest BCUT2D eigenvalue weighted by Gasteiger charge is 2.13. The van der Waals surface area contributed by atoms with E-state index in [0.717, 1.165) is 0 Å². The Morgan fingerprint density at radius 1 is 0.935 bits per heavy atom. The van der Waals surface area contributed by atoms with Crippen LogP contribution in [0, 0.1) is 10.1 Å². The Morgan fingerprint density at radius 2 is 1.65 bits per heavy atom. The van der Waals surface area contributed by atoms with Crippen LogP contribution < -0.4 is 10.7 Å². The van der Waals surface area contributed by atoms with Gasteiger partial charge < -0.3 is 5.32 Å². The number of hydrogen-bond acceptors (Lipinski definition) is 5. The summed E-state index contributed by atoms with van der Waals surface area (Å²) in [5.41, 5.74) is 3.46. The van der Waals surface area contributed by atoms with Crippen LogP contribution in [0.5, 0.6) is 0 Å². The zero-order valence-corrected chi connectivity index (χ0v) is 17.2. The van der Waals surface area contributed by atoms with Gasteiger partial charge in [-0.2, -0.15) is 5.10 Å². The summed E-state index contributed by atoms with van der Waals surface area (Å²) >= 11 is 11.9. The van der Waals surface area contributed by atoms with Crippen LogP contribution in [0.1, 0.15) is 26.3 Å². The second-order valence-corrected chi connectivity index (χ2v) is 7.05. The Labute approximate surface area is 186 Å². The lowest BCUT2D eigenvalue weighted by molar-refractivity contribution is -0.384. The number of non-ortho nitro benzene ring substituents is 1. The molecule has 2 amide bonds. The van der Waals surface area contributed by atoms with E-state index in [0.29, 0.717) is 21.3 Å². The summed E-state index contributed by atoms with van der Waals surface area (Å²) in [5.74, 6) is -1.05. The first-order valence-electron chi connectivity index (χ1n) is 8.78. The van der Waals surface area contributed by atoms with Crippen molar-refractivity contribution >= 4 is 52.6 Å². The van der Waals surface area contributed by atoms with Gasteiger partial charge in [0, 0.05) is 39.5 Å². The van der Waals surface area contributed by atoms with Crippen LogP contribution in [0.2, 0.25) is 10.0 Å². The number of benzene rings is 3. The lowest BCUT2D eigenvalue weighted by atomic mass is 10.1. The fourth-order valence-corrected chi connectivity index (χ4v) is 2.99. The van der Waals surface area contributed by atoms with Crippen LogP contribution in [-0.2, 0) is 0 Å². The molecule has 0 spiro atoms. The molecule has 0 aromatic heterocycles. The number of nitro groups is 1. The number of carbonyl (C=O) groups is 2. The van der Waals surface area contributed by atoms with Gasteiger partial charge in [-0.1, -0.05) is 41.4 Å². The minimum Gasteiger partial charge on any atom is -0.322 e. The number of hydrazone groups is 1.